The largest absolute Gasteiger partial charge is 0.459 e. The van der Waals surface area contributed by atoms with Crippen molar-refractivity contribution in [3.8, 4) is 0 Å². The summed E-state index contributed by atoms with van der Waals surface area (Å²) in [6.07, 6.45) is 2.79. The highest BCUT2D eigenvalue weighted by Crippen LogP contribution is 2.55. The van der Waals surface area contributed by atoms with Gasteiger partial charge >= 0.3 is 11.9 Å². The van der Waals surface area contributed by atoms with E-state index in [1.807, 2.05) is 19.9 Å². The van der Waals surface area contributed by atoms with Gasteiger partial charge in [0.1, 0.15) is 12.2 Å². The van der Waals surface area contributed by atoms with E-state index >= 15 is 0 Å². The molecule has 0 amide bonds. The van der Waals surface area contributed by atoms with E-state index in [9.17, 15) is 14.4 Å². The van der Waals surface area contributed by atoms with Crippen LogP contribution < -0.4 is 0 Å². The number of hydrogen-bond donors (Lipinski definition) is 0. The first-order valence-corrected chi connectivity index (χ1v) is 8.66. The smallest absolute Gasteiger partial charge is 0.340 e. The van der Waals surface area contributed by atoms with E-state index in [1.54, 1.807) is 13.0 Å². The maximum absolute atomic E-state index is 12.6. The minimum absolute atomic E-state index is 0.0497. The second-order valence-corrected chi connectivity index (χ2v) is 8.09. The van der Waals surface area contributed by atoms with Crippen molar-refractivity contribution in [3.63, 3.8) is 0 Å². The van der Waals surface area contributed by atoms with E-state index < -0.39 is 41.1 Å². The minimum atomic E-state index is -0.897. The van der Waals surface area contributed by atoms with Gasteiger partial charge in [-0.15, -0.1) is 0 Å². The van der Waals surface area contributed by atoms with Gasteiger partial charge < -0.3 is 14.2 Å². The molecule has 0 bridgehead atoms. The van der Waals surface area contributed by atoms with Crippen molar-refractivity contribution in [2.75, 3.05) is 6.61 Å². The molecule has 4 rings (SSSR count). The number of epoxide rings is 1. The summed E-state index contributed by atoms with van der Waals surface area (Å²) in [5.74, 6) is -1.49. The molecule has 2 heterocycles. The Balaban J connectivity index is 1.72. The average Bonchev–Trinajstić information content (AvgIpc) is 3.15. The second kappa shape index (κ2) is 5.04. The monoisotopic (exact) mass is 346 g/mol. The lowest BCUT2D eigenvalue weighted by Gasteiger charge is -2.36. The number of esters is 2. The fourth-order valence-corrected chi connectivity index (χ4v) is 4.61. The molecule has 0 radical (unpaired) electrons. The summed E-state index contributed by atoms with van der Waals surface area (Å²) in [5.41, 5.74) is -1.47. The fraction of sp³-hybridized carbons (Fsp3) is 0.632. The molecule has 0 aromatic carbocycles. The van der Waals surface area contributed by atoms with E-state index in [4.69, 9.17) is 14.2 Å². The Hall–Kier alpha value is -1.95. The average molecular weight is 346 g/mol. The molecule has 134 valence electrons. The van der Waals surface area contributed by atoms with Crippen molar-refractivity contribution >= 4 is 17.7 Å². The van der Waals surface area contributed by atoms with Crippen LogP contribution in [0.5, 0.6) is 0 Å². The molecule has 0 spiro atoms. The Morgan fingerprint density at radius 2 is 2.04 bits per heavy atom. The zero-order chi connectivity index (χ0) is 18.1. The van der Waals surface area contributed by atoms with Gasteiger partial charge in [-0.3, -0.25) is 4.79 Å². The van der Waals surface area contributed by atoms with E-state index in [0.717, 1.165) is 0 Å². The van der Waals surface area contributed by atoms with Crippen molar-refractivity contribution in [1.29, 1.82) is 0 Å². The molecule has 1 saturated carbocycles. The topological polar surface area (TPSA) is 82.2 Å². The van der Waals surface area contributed by atoms with E-state index in [-0.39, 0.29) is 23.2 Å². The molecule has 0 aromatic heterocycles. The quantitative estimate of drug-likeness (QED) is 0.429. The van der Waals surface area contributed by atoms with Crippen LogP contribution in [0, 0.1) is 23.2 Å². The van der Waals surface area contributed by atoms with Crippen LogP contribution in [-0.2, 0) is 28.6 Å². The lowest BCUT2D eigenvalue weighted by atomic mass is 9.68. The van der Waals surface area contributed by atoms with Crippen LogP contribution in [0.1, 0.15) is 27.2 Å². The number of ether oxygens (including phenoxy) is 3. The Morgan fingerprint density at radius 3 is 2.68 bits per heavy atom. The van der Waals surface area contributed by atoms with Gasteiger partial charge in [0, 0.05) is 5.57 Å². The first kappa shape index (κ1) is 16.5. The fourth-order valence-electron chi connectivity index (χ4n) is 4.61. The predicted octanol–water partition coefficient (Wildman–Crippen LogP) is 1.59. The van der Waals surface area contributed by atoms with Crippen LogP contribution >= 0.6 is 0 Å². The number of fused-ring (bicyclic) bond motifs is 3. The molecule has 4 aliphatic rings. The van der Waals surface area contributed by atoms with Crippen LogP contribution in [0.2, 0.25) is 0 Å². The molecule has 3 fully saturated rings. The van der Waals surface area contributed by atoms with Gasteiger partial charge in [-0.25, -0.2) is 9.59 Å². The van der Waals surface area contributed by atoms with Crippen LogP contribution in [0.3, 0.4) is 0 Å². The number of hydrogen-bond acceptors (Lipinski definition) is 6. The third-order valence-electron chi connectivity index (χ3n) is 6.38. The van der Waals surface area contributed by atoms with Gasteiger partial charge in [-0.1, -0.05) is 19.6 Å². The SMILES string of the molecule is C=C1C(=O)O[C@@H]2[C@H]1[C@@H](OC(=O)[C@]1(C)CO1)C[C@H](C)[C@@H]1C=CC(=O)[C@@]21C. The Morgan fingerprint density at radius 1 is 1.36 bits per heavy atom. The maximum Gasteiger partial charge on any atom is 0.340 e. The van der Waals surface area contributed by atoms with Crippen molar-refractivity contribution < 1.29 is 28.6 Å². The summed E-state index contributed by atoms with van der Waals surface area (Å²) in [7, 11) is 0. The number of ketones is 1. The highest BCUT2D eigenvalue weighted by atomic mass is 16.6. The molecule has 0 N–H and O–H groups in total. The number of allylic oxidation sites excluding steroid dienone is 2. The van der Waals surface area contributed by atoms with Crippen LogP contribution in [0.25, 0.3) is 0 Å². The molecule has 2 saturated heterocycles. The highest BCUT2D eigenvalue weighted by Gasteiger charge is 2.63. The van der Waals surface area contributed by atoms with Crippen LogP contribution in [-0.4, -0.2) is 42.1 Å². The molecule has 6 nitrogen and oxygen atoms in total. The molecule has 6 heteroatoms. The van der Waals surface area contributed by atoms with E-state index in [2.05, 4.69) is 6.58 Å². The summed E-state index contributed by atoms with van der Waals surface area (Å²) in [6.45, 7) is 9.76. The van der Waals surface area contributed by atoms with Crippen molar-refractivity contribution in [3.05, 3.63) is 24.3 Å². The Kier molecular flexibility index (Phi) is 3.33. The minimum Gasteiger partial charge on any atom is -0.459 e. The first-order chi connectivity index (χ1) is 11.7. The Bertz CT molecular complexity index is 717. The third kappa shape index (κ3) is 2.16. The van der Waals surface area contributed by atoms with Gasteiger partial charge in [0.25, 0.3) is 0 Å². The molecular weight excluding hydrogens is 324 g/mol. The zero-order valence-electron chi connectivity index (χ0n) is 14.6. The molecule has 2 aliphatic carbocycles. The summed E-state index contributed by atoms with van der Waals surface area (Å²) in [4.78, 5) is 37.2. The van der Waals surface area contributed by atoms with Gasteiger partial charge in [0.15, 0.2) is 11.4 Å². The number of carbonyl (C=O) groups excluding carboxylic acids is 3. The van der Waals surface area contributed by atoms with Crippen LogP contribution in [0.15, 0.2) is 24.3 Å². The van der Waals surface area contributed by atoms with Gasteiger partial charge in [-0.2, -0.15) is 0 Å². The van der Waals surface area contributed by atoms with Gasteiger partial charge in [-0.05, 0) is 38.2 Å². The number of rotatable bonds is 2. The van der Waals surface area contributed by atoms with Crippen molar-refractivity contribution in [1.82, 2.24) is 0 Å². The number of carbonyl (C=O) groups is 3. The van der Waals surface area contributed by atoms with Gasteiger partial charge in [0.2, 0.25) is 0 Å². The second-order valence-electron chi connectivity index (χ2n) is 8.09. The summed E-state index contributed by atoms with van der Waals surface area (Å²) >= 11 is 0. The summed E-state index contributed by atoms with van der Waals surface area (Å²) in [6, 6.07) is 0. The molecule has 7 atom stereocenters. The molecule has 25 heavy (non-hydrogen) atoms. The van der Waals surface area contributed by atoms with E-state index in [0.29, 0.717) is 13.0 Å². The lowest BCUT2D eigenvalue weighted by molar-refractivity contribution is -0.160. The lowest BCUT2D eigenvalue weighted by Crippen LogP contribution is -2.46. The predicted molar refractivity (Wildman–Crippen MR) is 86.3 cm³/mol. The third-order valence-corrected chi connectivity index (χ3v) is 6.38. The normalized spacial score (nSPS) is 47.8. The van der Waals surface area contributed by atoms with Crippen LogP contribution in [0.4, 0.5) is 0 Å². The molecule has 2 aliphatic heterocycles. The molecule has 0 unspecified atom stereocenters. The summed E-state index contributed by atoms with van der Waals surface area (Å²) < 4.78 is 16.5. The molecular formula is C19H22O6. The molecule has 0 aromatic rings. The maximum atomic E-state index is 12.6. The Labute approximate surface area is 146 Å². The summed E-state index contributed by atoms with van der Waals surface area (Å²) in [5, 5.41) is 0. The zero-order valence-corrected chi connectivity index (χ0v) is 14.6. The standard InChI is InChI=1S/C19H22O6/c1-9-7-12(24-17(22)18(3)8-23-18)14-10(2)16(21)25-15(14)19(4)11(9)5-6-13(19)20/h5-6,9,11-12,14-15H,2,7-8H2,1,3-4H3/t9-,11-,12-,14+,15+,18-,19-/m0/s1. The van der Waals surface area contributed by atoms with E-state index in [1.165, 1.54) is 0 Å². The van der Waals surface area contributed by atoms with Crippen molar-refractivity contribution in [2.45, 2.75) is 45.0 Å². The highest BCUT2D eigenvalue weighted by molar-refractivity contribution is 6.00. The van der Waals surface area contributed by atoms with Gasteiger partial charge in [0.05, 0.1) is 17.9 Å². The van der Waals surface area contributed by atoms with Crippen molar-refractivity contribution in [2.24, 2.45) is 23.2 Å². The first-order valence-electron chi connectivity index (χ1n) is 8.66.